The van der Waals surface area contributed by atoms with E-state index >= 15 is 0 Å². The van der Waals surface area contributed by atoms with Gasteiger partial charge in [0.1, 0.15) is 5.82 Å². The second-order valence-electron chi connectivity index (χ2n) is 6.86. The number of rotatable bonds is 4. The van der Waals surface area contributed by atoms with Crippen molar-refractivity contribution < 1.29 is 0 Å². The normalized spacial score (nSPS) is 14.6. The van der Waals surface area contributed by atoms with Crippen LogP contribution in [0, 0.1) is 0 Å². The van der Waals surface area contributed by atoms with Gasteiger partial charge in [-0.2, -0.15) is 0 Å². The largest absolute Gasteiger partial charge is 0.327 e. The van der Waals surface area contributed by atoms with E-state index in [1.54, 1.807) is 11.3 Å². The van der Waals surface area contributed by atoms with Crippen molar-refractivity contribution in [2.45, 2.75) is 33.0 Å². The van der Waals surface area contributed by atoms with E-state index in [-0.39, 0.29) is 0 Å². The van der Waals surface area contributed by atoms with Gasteiger partial charge in [-0.3, -0.25) is 4.90 Å². The third kappa shape index (κ3) is 3.05. The van der Waals surface area contributed by atoms with Crippen LogP contribution in [0.3, 0.4) is 0 Å². The number of imidazole rings is 1. The van der Waals surface area contributed by atoms with Crippen molar-refractivity contribution in [3.05, 3.63) is 65.1 Å². The van der Waals surface area contributed by atoms with Gasteiger partial charge < -0.3 is 4.57 Å². The number of nitrogens with zero attached hydrogens (tertiary/aromatic N) is 5. The lowest BCUT2D eigenvalue weighted by Gasteiger charge is -2.27. The fraction of sp³-hybridized carbons (Fsp3) is 0.286. The molecule has 0 bridgehead atoms. The van der Waals surface area contributed by atoms with Crippen molar-refractivity contribution in [2.75, 3.05) is 6.54 Å². The predicted molar refractivity (Wildman–Crippen MR) is 109 cm³/mol. The van der Waals surface area contributed by atoms with Gasteiger partial charge in [0.2, 0.25) is 0 Å². The Morgan fingerprint density at radius 1 is 1.11 bits per heavy atom. The van der Waals surface area contributed by atoms with E-state index in [2.05, 4.69) is 57.1 Å². The van der Waals surface area contributed by atoms with Crippen LogP contribution in [0.1, 0.15) is 24.0 Å². The molecule has 0 saturated heterocycles. The van der Waals surface area contributed by atoms with Crippen LogP contribution in [0.5, 0.6) is 0 Å². The van der Waals surface area contributed by atoms with Crippen LogP contribution in [0.15, 0.2) is 48.0 Å². The van der Waals surface area contributed by atoms with Gasteiger partial charge in [-0.15, -0.1) is 11.3 Å². The van der Waals surface area contributed by atoms with Crippen molar-refractivity contribution in [3.8, 4) is 10.7 Å². The summed E-state index contributed by atoms with van der Waals surface area (Å²) in [5.74, 6) is 1.99. The van der Waals surface area contributed by atoms with E-state index in [0.29, 0.717) is 0 Å². The van der Waals surface area contributed by atoms with Gasteiger partial charge >= 0.3 is 0 Å². The Bertz CT molecular complexity index is 1080. The van der Waals surface area contributed by atoms with Crippen molar-refractivity contribution in [1.29, 1.82) is 0 Å². The second kappa shape index (κ2) is 6.87. The number of hydrogen-bond acceptors (Lipinski definition) is 5. The van der Waals surface area contributed by atoms with Gasteiger partial charge in [-0.1, -0.05) is 18.2 Å². The highest BCUT2D eigenvalue weighted by Crippen LogP contribution is 2.25. The standard InChI is InChI=1S/C21H21N5S/c1-2-26-18-7-4-3-6-17(18)23-20(26)14-25-10-9-16-15(13-25)12-22-21(24-16)19-8-5-11-27-19/h3-8,11-12H,2,9-10,13-14H2,1H3. The molecular formula is C21H21N5S. The second-order valence-corrected chi connectivity index (χ2v) is 7.81. The van der Waals surface area contributed by atoms with Crippen LogP contribution in [0.4, 0.5) is 0 Å². The third-order valence-electron chi connectivity index (χ3n) is 5.17. The van der Waals surface area contributed by atoms with E-state index in [9.17, 15) is 0 Å². The molecular weight excluding hydrogens is 354 g/mol. The molecule has 5 nitrogen and oxygen atoms in total. The van der Waals surface area contributed by atoms with E-state index in [1.807, 2.05) is 12.3 Å². The number of benzene rings is 1. The molecule has 0 saturated carbocycles. The van der Waals surface area contributed by atoms with Gasteiger partial charge in [0, 0.05) is 37.8 Å². The molecule has 0 fully saturated rings. The van der Waals surface area contributed by atoms with Gasteiger partial charge in [-0.25, -0.2) is 15.0 Å². The van der Waals surface area contributed by atoms with E-state index < -0.39 is 0 Å². The fourth-order valence-electron chi connectivity index (χ4n) is 3.83. The number of para-hydroxylation sites is 2. The van der Waals surface area contributed by atoms with Crippen LogP contribution < -0.4 is 0 Å². The fourth-order valence-corrected chi connectivity index (χ4v) is 4.50. The average molecular weight is 376 g/mol. The quantitative estimate of drug-likeness (QED) is 0.538. The Morgan fingerprint density at radius 3 is 2.89 bits per heavy atom. The molecule has 1 aromatic carbocycles. The highest BCUT2D eigenvalue weighted by Gasteiger charge is 2.21. The zero-order valence-electron chi connectivity index (χ0n) is 15.3. The molecule has 0 spiro atoms. The summed E-state index contributed by atoms with van der Waals surface area (Å²) in [7, 11) is 0. The van der Waals surface area contributed by atoms with Crippen molar-refractivity contribution in [2.24, 2.45) is 0 Å². The topological polar surface area (TPSA) is 46.8 Å². The maximum absolute atomic E-state index is 4.87. The number of thiophene rings is 1. The minimum Gasteiger partial charge on any atom is -0.327 e. The molecule has 0 unspecified atom stereocenters. The molecule has 1 aliphatic heterocycles. The Kier molecular flexibility index (Phi) is 4.22. The zero-order chi connectivity index (χ0) is 18.2. The highest BCUT2D eigenvalue weighted by molar-refractivity contribution is 7.13. The first-order chi connectivity index (χ1) is 13.3. The summed E-state index contributed by atoms with van der Waals surface area (Å²) in [6, 6.07) is 12.5. The first kappa shape index (κ1) is 16.6. The molecule has 0 amide bonds. The molecule has 27 heavy (non-hydrogen) atoms. The van der Waals surface area contributed by atoms with Crippen LogP contribution >= 0.6 is 11.3 Å². The van der Waals surface area contributed by atoms with Gasteiger partial charge in [0.25, 0.3) is 0 Å². The molecule has 1 aliphatic rings. The molecule has 6 heteroatoms. The highest BCUT2D eigenvalue weighted by atomic mass is 32.1. The SMILES string of the molecule is CCn1c(CN2CCc3nc(-c4cccs4)ncc3C2)nc2ccccc21. The van der Waals surface area contributed by atoms with Crippen LogP contribution in [0.2, 0.25) is 0 Å². The summed E-state index contributed by atoms with van der Waals surface area (Å²) in [4.78, 5) is 17.9. The van der Waals surface area contributed by atoms with Crippen LogP contribution in [0.25, 0.3) is 21.7 Å². The van der Waals surface area contributed by atoms with Crippen molar-refractivity contribution in [1.82, 2.24) is 24.4 Å². The van der Waals surface area contributed by atoms with E-state index in [0.717, 1.165) is 54.6 Å². The third-order valence-corrected chi connectivity index (χ3v) is 6.04. The molecule has 3 aromatic heterocycles. The average Bonchev–Trinajstić information content (AvgIpc) is 3.35. The molecule has 136 valence electrons. The Balaban J connectivity index is 1.39. The van der Waals surface area contributed by atoms with Gasteiger partial charge in [-0.05, 0) is 30.5 Å². The van der Waals surface area contributed by atoms with Crippen LogP contribution in [-0.2, 0) is 26.1 Å². The lowest BCUT2D eigenvalue weighted by atomic mass is 10.1. The first-order valence-electron chi connectivity index (χ1n) is 9.37. The minimum atomic E-state index is 0.852. The summed E-state index contributed by atoms with van der Waals surface area (Å²) >= 11 is 1.69. The first-order valence-corrected chi connectivity index (χ1v) is 10.2. The van der Waals surface area contributed by atoms with Gasteiger partial charge in [0.05, 0.1) is 28.1 Å². The molecule has 0 aliphatic carbocycles. The number of aromatic nitrogens is 4. The lowest BCUT2D eigenvalue weighted by molar-refractivity contribution is 0.234. The zero-order valence-corrected chi connectivity index (χ0v) is 16.1. The minimum absolute atomic E-state index is 0.852. The molecule has 0 atom stereocenters. The Hall–Kier alpha value is -2.57. The number of aryl methyl sites for hydroxylation is 1. The monoisotopic (exact) mass is 375 g/mol. The van der Waals surface area contributed by atoms with E-state index in [1.165, 1.54) is 16.8 Å². The van der Waals surface area contributed by atoms with Crippen molar-refractivity contribution in [3.63, 3.8) is 0 Å². The Morgan fingerprint density at radius 2 is 2.04 bits per heavy atom. The maximum atomic E-state index is 4.87. The van der Waals surface area contributed by atoms with Gasteiger partial charge in [0.15, 0.2) is 5.82 Å². The Labute approximate surface area is 162 Å². The van der Waals surface area contributed by atoms with Crippen molar-refractivity contribution >= 4 is 22.4 Å². The lowest BCUT2D eigenvalue weighted by Crippen LogP contribution is -2.32. The predicted octanol–water partition coefficient (Wildman–Crippen LogP) is 4.13. The maximum Gasteiger partial charge on any atom is 0.169 e. The summed E-state index contributed by atoms with van der Waals surface area (Å²) < 4.78 is 2.32. The summed E-state index contributed by atoms with van der Waals surface area (Å²) in [5, 5.41) is 2.07. The molecule has 4 heterocycles. The molecule has 0 radical (unpaired) electrons. The van der Waals surface area contributed by atoms with Crippen LogP contribution in [-0.4, -0.2) is 31.0 Å². The summed E-state index contributed by atoms with van der Waals surface area (Å²) in [6.07, 6.45) is 2.97. The molecule has 0 N–H and O–H groups in total. The summed E-state index contributed by atoms with van der Waals surface area (Å²) in [6.45, 7) is 5.86. The van der Waals surface area contributed by atoms with E-state index in [4.69, 9.17) is 9.97 Å². The molecule has 5 rings (SSSR count). The summed E-state index contributed by atoms with van der Waals surface area (Å²) in [5.41, 5.74) is 4.72. The number of hydrogen-bond donors (Lipinski definition) is 0. The number of fused-ring (bicyclic) bond motifs is 2. The molecule has 4 aromatic rings. The smallest absolute Gasteiger partial charge is 0.169 e.